The van der Waals surface area contributed by atoms with Crippen molar-refractivity contribution in [3.63, 3.8) is 0 Å². The molecule has 2 aromatic rings. The molecule has 5 nitrogen and oxygen atoms in total. The predicted octanol–water partition coefficient (Wildman–Crippen LogP) is 3.43. The van der Waals surface area contributed by atoms with Crippen LogP contribution in [0.15, 0.2) is 36.4 Å². The van der Waals surface area contributed by atoms with Crippen molar-refractivity contribution < 1.29 is 19.1 Å². The molecule has 0 saturated carbocycles. The third kappa shape index (κ3) is 2.41. The normalized spacial score (nSPS) is 18.8. The minimum absolute atomic E-state index is 0.103. The Kier molecular flexibility index (Phi) is 3.62. The monoisotopic (exact) mass is 363 g/mol. The number of hydrogen-bond acceptors (Lipinski definition) is 4. The molecule has 0 aromatic heterocycles. The summed E-state index contributed by atoms with van der Waals surface area (Å²) in [5.74, 6) is 0.290. The number of carbonyl (C=O) groups excluding carboxylic acids is 2. The van der Waals surface area contributed by atoms with E-state index in [1.54, 1.807) is 36.4 Å². The highest BCUT2D eigenvalue weighted by Crippen LogP contribution is 2.39. The van der Waals surface area contributed by atoms with E-state index in [9.17, 15) is 9.59 Å². The zero-order valence-electron chi connectivity index (χ0n) is 12.3. The van der Waals surface area contributed by atoms with Gasteiger partial charge in [0, 0.05) is 12.1 Å². The van der Waals surface area contributed by atoms with Gasteiger partial charge in [0.2, 0.25) is 0 Å². The van der Waals surface area contributed by atoms with E-state index in [0.29, 0.717) is 32.7 Å². The lowest BCUT2D eigenvalue weighted by atomic mass is 10.1. The molecule has 0 spiro atoms. The average molecular weight is 364 g/mol. The van der Waals surface area contributed by atoms with Gasteiger partial charge in [-0.3, -0.25) is 14.5 Å². The minimum atomic E-state index is -0.475. The molecule has 0 radical (unpaired) electrons. The van der Waals surface area contributed by atoms with Crippen molar-refractivity contribution in [2.24, 2.45) is 0 Å². The maximum absolute atomic E-state index is 12.4. The van der Waals surface area contributed by atoms with Crippen LogP contribution in [0, 0.1) is 0 Å². The first-order valence-electron chi connectivity index (χ1n) is 7.28. The van der Waals surface area contributed by atoms with Crippen LogP contribution in [0.1, 0.15) is 20.7 Å². The molecule has 2 amide bonds. The molecule has 0 N–H and O–H groups in total. The summed E-state index contributed by atoms with van der Waals surface area (Å²) in [4.78, 5) is 26.0. The maximum atomic E-state index is 12.4. The van der Waals surface area contributed by atoms with Crippen LogP contribution in [0.2, 0.25) is 10.0 Å². The molecule has 122 valence electrons. The van der Waals surface area contributed by atoms with Crippen LogP contribution in [0.5, 0.6) is 11.5 Å². The lowest BCUT2D eigenvalue weighted by Crippen LogP contribution is -2.43. The van der Waals surface area contributed by atoms with Crippen LogP contribution in [0.4, 0.5) is 0 Å². The van der Waals surface area contributed by atoms with Gasteiger partial charge in [-0.05, 0) is 12.1 Å². The summed E-state index contributed by atoms with van der Waals surface area (Å²) in [6.07, 6.45) is -0.475. The summed E-state index contributed by atoms with van der Waals surface area (Å²) in [6.45, 7) is 0.310. The predicted molar refractivity (Wildman–Crippen MR) is 88.2 cm³/mol. The number of ether oxygens (including phenoxy) is 2. The lowest BCUT2D eigenvalue weighted by molar-refractivity contribution is 0.0430. The van der Waals surface area contributed by atoms with Gasteiger partial charge in [0.25, 0.3) is 11.8 Å². The second kappa shape index (κ2) is 5.69. The van der Waals surface area contributed by atoms with Crippen LogP contribution in [-0.4, -0.2) is 36.0 Å². The van der Waals surface area contributed by atoms with Crippen LogP contribution in [0.3, 0.4) is 0 Å². The van der Waals surface area contributed by atoms with Crippen LogP contribution in [-0.2, 0) is 0 Å². The van der Waals surface area contributed by atoms with E-state index in [2.05, 4.69) is 0 Å². The van der Waals surface area contributed by atoms with Gasteiger partial charge in [0.15, 0.2) is 17.6 Å². The highest BCUT2D eigenvalue weighted by molar-refractivity contribution is 6.42. The summed E-state index contributed by atoms with van der Waals surface area (Å²) >= 11 is 11.9. The van der Waals surface area contributed by atoms with Gasteiger partial charge in [-0.1, -0.05) is 35.3 Å². The smallest absolute Gasteiger partial charge is 0.261 e. The molecule has 0 aliphatic carbocycles. The van der Waals surface area contributed by atoms with E-state index < -0.39 is 6.10 Å². The standard InChI is InChI=1S/C17H11Cl2NO4/c18-12-5-14-15(6-13(12)19)24-9(8-23-14)7-20-16(21)10-3-1-2-4-11(10)17(20)22/h1-6,9H,7-8H2/t9-/m0/s1. The quantitative estimate of drug-likeness (QED) is 0.767. The van der Waals surface area contributed by atoms with E-state index in [-0.39, 0.29) is 25.0 Å². The molecule has 0 bridgehead atoms. The number of nitrogens with zero attached hydrogens (tertiary/aromatic N) is 1. The molecule has 0 unspecified atom stereocenters. The fourth-order valence-corrected chi connectivity index (χ4v) is 3.12. The zero-order valence-corrected chi connectivity index (χ0v) is 13.8. The molecule has 2 aliphatic rings. The summed E-state index contributed by atoms with van der Waals surface area (Å²) in [7, 11) is 0. The van der Waals surface area contributed by atoms with Crippen molar-refractivity contribution in [3.8, 4) is 11.5 Å². The maximum Gasteiger partial charge on any atom is 0.261 e. The SMILES string of the molecule is O=C1c2ccccc2C(=O)N1C[C@H]1COc2cc(Cl)c(Cl)cc2O1. The number of rotatable bonds is 2. The van der Waals surface area contributed by atoms with E-state index in [4.69, 9.17) is 32.7 Å². The largest absolute Gasteiger partial charge is 0.486 e. The van der Waals surface area contributed by atoms with Gasteiger partial charge in [0.1, 0.15) is 6.61 Å². The van der Waals surface area contributed by atoms with Crippen LogP contribution >= 0.6 is 23.2 Å². The number of halogens is 2. The highest BCUT2D eigenvalue weighted by atomic mass is 35.5. The summed E-state index contributed by atoms with van der Waals surface area (Å²) in [5.41, 5.74) is 0.823. The van der Waals surface area contributed by atoms with Gasteiger partial charge in [-0.25, -0.2) is 0 Å². The number of fused-ring (bicyclic) bond motifs is 2. The number of carbonyl (C=O) groups is 2. The molecule has 0 fully saturated rings. The minimum Gasteiger partial charge on any atom is -0.486 e. The Labute approximate surface area is 147 Å². The Morgan fingerprint density at radius 1 is 1.00 bits per heavy atom. The second-order valence-electron chi connectivity index (χ2n) is 5.53. The van der Waals surface area contributed by atoms with Crippen molar-refractivity contribution >= 4 is 35.0 Å². The topological polar surface area (TPSA) is 55.8 Å². The summed E-state index contributed by atoms with van der Waals surface area (Å²) < 4.78 is 11.4. The average Bonchev–Trinajstić information content (AvgIpc) is 2.82. The Hall–Kier alpha value is -2.24. The van der Waals surface area contributed by atoms with Gasteiger partial charge >= 0.3 is 0 Å². The van der Waals surface area contributed by atoms with Crippen molar-refractivity contribution in [1.29, 1.82) is 0 Å². The molecular weight excluding hydrogens is 353 g/mol. The number of benzene rings is 2. The van der Waals surface area contributed by atoms with E-state index in [1.807, 2.05) is 0 Å². The molecule has 2 aliphatic heterocycles. The zero-order chi connectivity index (χ0) is 16.8. The Balaban J connectivity index is 1.54. The first-order valence-corrected chi connectivity index (χ1v) is 8.04. The number of imide groups is 1. The fraction of sp³-hybridized carbons (Fsp3) is 0.176. The van der Waals surface area contributed by atoms with E-state index in [0.717, 1.165) is 0 Å². The van der Waals surface area contributed by atoms with Crippen molar-refractivity contribution in [1.82, 2.24) is 4.90 Å². The number of hydrogen-bond donors (Lipinski definition) is 0. The molecule has 2 heterocycles. The summed E-state index contributed by atoms with van der Waals surface area (Å²) in [5, 5.41) is 0.721. The number of amides is 2. The molecule has 7 heteroatoms. The van der Waals surface area contributed by atoms with Crippen LogP contribution in [0.25, 0.3) is 0 Å². The third-order valence-electron chi connectivity index (χ3n) is 3.97. The second-order valence-corrected chi connectivity index (χ2v) is 6.34. The molecule has 2 aromatic carbocycles. The van der Waals surface area contributed by atoms with Crippen molar-refractivity contribution in [2.45, 2.75) is 6.10 Å². The van der Waals surface area contributed by atoms with Crippen LogP contribution < -0.4 is 9.47 Å². The van der Waals surface area contributed by atoms with Crippen molar-refractivity contribution in [2.75, 3.05) is 13.2 Å². The molecular formula is C17H11Cl2NO4. The Morgan fingerprint density at radius 2 is 1.58 bits per heavy atom. The lowest BCUT2D eigenvalue weighted by Gasteiger charge is -2.29. The first kappa shape index (κ1) is 15.3. The van der Waals surface area contributed by atoms with E-state index in [1.165, 1.54) is 4.90 Å². The molecule has 4 rings (SSSR count). The third-order valence-corrected chi connectivity index (χ3v) is 4.69. The van der Waals surface area contributed by atoms with E-state index >= 15 is 0 Å². The van der Waals surface area contributed by atoms with Gasteiger partial charge < -0.3 is 9.47 Å². The van der Waals surface area contributed by atoms with Gasteiger partial charge in [0.05, 0.1) is 27.7 Å². The molecule has 1 atom stereocenters. The van der Waals surface area contributed by atoms with Gasteiger partial charge in [-0.15, -0.1) is 0 Å². The Morgan fingerprint density at radius 3 is 2.21 bits per heavy atom. The first-order chi connectivity index (χ1) is 11.5. The molecule has 0 saturated heterocycles. The van der Waals surface area contributed by atoms with Gasteiger partial charge in [-0.2, -0.15) is 0 Å². The van der Waals surface area contributed by atoms with Crippen molar-refractivity contribution in [3.05, 3.63) is 57.6 Å². The fourth-order valence-electron chi connectivity index (χ4n) is 2.81. The summed E-state index contributed by atoms with van der Waals surface area (Å²) in [6, 6.07) is 9.90. The molecule has 24 heavy (non-hydrogen) atoms. The highest BCUT2D eigenvalue weighted by Gasteiger charge is 2.37. The Bertz CT molecular complexity index is 833.